The number of benzene rings is 2. The van der Waals surface area contributed by atoms with Crippen LogP contribution in [0.3, 0.4) is 0 Å². The molecular formula is C21H25NO6. The molecule has 0 bridgehead atoms. The molecule has 0 radical (unpaired) electrons. The zero-order valence-electron chi connectivity index (χ0n) is 16.3. The van der Waals surface area contributed by atoms with Crippen LogP contribution < -0.4 is 19.5 Å². The zero-order chi connectivity index (χ0) is 20.4. The minimum Gasteiger partial charge on any atom is -0.493 e. The van der Waals surface area contributed by atoms with Crippen LogP contribution in [0.4, 0.5) is 0 Å². The number of hydrogen-bond acceptors (Lipinski definition) is 6. The van der Waals surface area contributed by atoms with E-state index in [1.807, 2.05) is 31.2 Å². The van der Waals surface area contributed by atoms with E-state index in [1.54, 1.807) is 32.4 Å². The highest BCUT2D eigenvalue weighted by Gasteiger charge is 2.10. The highest BCUT2D eigenvalue weighted by atomic mass is 16.6. The van der Waals surface area contributed by atoms with E-state index in [9.17, 15) is 9.59 Å². The molecule has 0 aliphatic heterocycles. The van der Waals surface area contributed by atoms with Gasteiger partial charge in [0.2, 0.25) is 0 Å². The van der Waals surface area contributed by atoms with Crippen LogP contribution in [0.25, 0.3) is 0 Å². The predicted molar refractivity (Wildman–Crippen MR) is 104 cm³/mol. The van der Waals surface area contributed by atoms with Crippen LogP contribution in [-0.4, -0.2) is 39.3 Å². The van der Waals surface area contributed by atoms with Crippen molar-refractivity contribution in [2.24, 2.45) is 0 Å². The molecule has 28 heavy (non-hydrogen) atoms. The van der Waals surface area contributed by atoms with Gasteiger partial charge in [-0.15, -0.1) is 0 Å². The summed E-state index contributed by atoms with van der Waals surface area (Å²) in [5.74, 6) is 0.811. The molecule has 0 aliphatic rings. The topological polar surface area (TPSA) is 83.1 Å². The molecule has 0 atom stereocenters. The third kappa shape index (κ3) is 6.19. The van der Waals surface area contributed by atoms with Gasteiger partial charge in [0.1, 0.15) is 5.75 Å². The smallest absolute Gasteiger partial charge is 0.344 e. The Hall–Kier alpha value is -3.22. The Bertz CT molecular complexity index is 805. The SMILES string of the molecule is CCc1ccccc1OCC(=O)OCC(=O)NCc1ccc(OC)c(OC)c1. The summed E-state index contributed by atoms with van der Waals surface area (Å²) >= 11 is 0. The van der Waals surface area contributed by atoms with E-state index in [1.165, 1.54) is 0 Å². The van der Waals surface area contributed by atoms with Crippen molar-refractivity contribution in [3.63, 3.8) is 0 Å². The Morgan fingerprint density at radius 1 is 0.929 bits per heavy atom. The van der Waals surface area contributed by atoms with E-state index in [2.05, 4.69) is 5.32 Å². The number of aryl methyl sites for hydroxylation is 1. The van der Waals surface area contributed by atoms with Gasteiger partial charge in [0.25, 0.3) is 5.91 Å². The van der Waals surface area contributed by atoms with Crippen molar-refractivity contribution in [1.82, 2.24) is 5.32 Å². The largest absolute Gasteiger partial charge is 0.493 e. The molecular weight excluding hydrogens is 362 g/mol. The van der Waals surface area contributed by atoms with E-state index in [-0.39, 0.29) is 19.8 Å². The quantitative estimate of drug-likeness (QED) is 0.631. The maximum atomic E-state index is 11.9. The molecule has 0 aliphatic carbocycles. The average Bonchev–Trinajstić information content (AvgIpc) is 2.74. The predicted octanol–water partition coefficient (Wildman–Crippen LogP) is 2.50. The summed E-state index contributed by atoms with van der Waals surface area (Å²) in [5.41, 5.74) is 1.83. The van der Waals surface area contributed by atoms with Crippen molar-refractivity contribution in [2.45, 2.75) is 19.9 Å². The number of methoxy groups -OCH3 is 2. The molecule has 7 heteroatoms. The Balaban J connectivity index is 1.74. The van der Waals surface area contributed by atoms with Crippen LogP contribution in [-0.2, 0) is 27.3 Å². The van der Waals surface area contributed by atoms with Crippen molar-refractivity contribution in [2.75, 3.05) is 27.4 Å². The lowest BCUT2D eigenvalue weighted by Crippen LogP contribution is -2.29. The molecule has 2 aromatic carbocycles. The fourth-order valence-corrected chi connectivity index (χ4v) is 2.50. The van der Waals surface area contributed by atoms with E-state index < -0.39 is 11.9 Å². The van der Waals surface area contributed by atoms with E-state index in [4.69, 9.17) is 18.9 Å². The van der Waals surface area contributed by atoms with Gasteiger partial charge in [-0.1, -0.05) is 31.2 Å². The number of rotatable bonds is 10. The zero-order valence-corrected chi connectivity index (χ0v) is 16.3. The normalized spacial score (nSPS) is 10.1. The summed E-state index contributed by atoms with van der Waals surface area (Å²) in [4.78, 5) is 23.7. The molecule has 0 spiro atoms. The molecule has 2 aromatic rings. The number of esters is 1. The van der Waals surface area contributed by atoms with Gasteiger partial charge in [-0.3, -0.25) is 4.79 Å². The van der Waals surface area contributed by atoms with Gasteiger partial charge in [-0.05, 0) is 35.7 Å². The van der Waals surface area contributed by atoms with E-state index in [0.717, 1.165) is 17.5 Å². The lowest BCUT2D eigenvalue weighted by Gasteiger charge is -2.11. The second kappa shape index (κ2) is 10.8. The van der Waals surface area contributed by atoms with Gasteiger partial charge in [-0.2, -0.15) is 0 Å². The van der Waals surface area contributed by atoms with E-state index >= 15 is 0 Å². The molecule has 2 rings (SSSR count). The molecule has 1 amide bonds. The Labute approximate surface area is 164 Å². The van der Waals surface area contributed by atoms with Gasteiger partial charge in [0.05, 0.1) is 14.2 Å². The molecule has 7 nitrogen and oxygen atoms in total. The van der Waals surface area contributed by atoms with Gasteiger partial charge in [0.15, 0.2) is 24.7 Å². The fraction of sp³-hybridized carbons (Fsp3) is 0.333. The van der Waals surface area contributed by atoms with Crippen molar-refractivity contribution >= 4 is 11.9 Å². The minimum atomic E-state index is -0.604. The molecule has 0 heterocycles. The number of carbonyl (C=O) groups excluding carboxylic acids is 2. The lowest BCUT2D eigenvalue weighted by atomic mass is 10.1. The van der Waals surface area contributed by atoms with Crippen LogP contribution in [0.15, 0.2) is 42.5 Å². The summed E-state index contributed by atoms with van der Waals surface area (Å²) in [6.07, 6.45) is 0.795. The van der Waals surface area contributed by atoms with Crippen LogP contribution in [0.2, 0.25) is 0 Å². The number of ether oxygens (including phenoxy) is 4. The average molecular weight is 387 g/mol. The Kier molecular flexibility index (Phi) is 8.14. The Morgan fingerprint density at radius 3 is 2.39 bits per heavy atom. The molecule has 0 saturated carbocycles. The third-order valence-electron chi connectivity index (χ3n) is 4.00. The summed E-state index contributed by atoms with van der Waals surface area (Å²) < 4.78 is 20.8. The molecule has 0 aromatic heterocycles. The summed E-state index contributed by atoms with van der Waals surface area (Å²) in [5, 5.41) is 2.68. The van der Waals surface area contributed by atoms with Gasteiger partial charge in [0, 0.05) is 6.54 Å². The highest BCUT2D eigenvalue weighted by Crippen LogP contribution is 2.27. The second-order valence-electron chi connectivity index (χ2n) is 5.88. The lowest BCUT2D eigenvalue weighted by molar-refractivity contribution is -0.150. The molecule has 0 fully saturated rings. The van der Waals surface area contributed by atoms with Crippen LogP contribution in [0.1, 0.15) is 18.1 Å². The summed E-state index contributed by atoms with van der Waals surface area (Å²) in [6.45, 7) is 1.66. The van der Waals surface area contributed by atoms with Crippen molar-refractivity contribution in [3.8, 4) is 17.2 Å². The maximum absolute atomic E-state index is 11.9. The number of carbonyl (C=O) groups is 2. The first-order chi connectivity index (χ1) is 13.6. The summed E-state index contributed by atoms with van der Waals surface area (Å²) in [7, 11) is 3.10. The maximum Gasteiger partial charge on any atom is 0.344 e. The van der Waals surface area contributed by atoms with Crippen LogP contribution in [0, 0.1) is 0 Å². The molecule has 0 unspecified atom stereocenters. The first-order valence-corrected chi connectivity index (χ1v) is 8.91. The van der Waals surface area contributed by atoms with E-state index in [0.29, 0.717) is 17.2 Å². The van der Waals surface area contributed by atoms with Gasteiger partial charge >= 0.3 is 5.97 Å². The molecule has 0 saturated heterocycles. The number of nitrogens with one attached hydrogen (secondary N) is 1. The number of amides is 1. The van der Waals surface area contributed by atoms with Crippen molar-refractivity contribution < 1.29 is 28.5 Å². The number of para-hydroxylation sites is 1. The minimum absolute atomic E-state index is 0.250. The van der Waals surface area contributed by atoms with Crippen molar-refractivity contribution in [1.29, 1.82) is 0 Å². The Morgan fingerprint density at radius 2 is 1.68 bits per heavy atom. The van der Waals surface area contributed by atoms with Gasteiger partial charge in [-0.25, -0.2) is 4.79 Å². The summed E-state index contributed by atoms with van der Waals surface area (Å²) in [6, 6.07) is 12.8. The first-order valence-electron chi connectivity index (χ1n) is 8.91. The fourth-order valence-electron chi connectivity index (χ4n) is 2.50. The van der Waals surface area contributed by atoms with Crippen LogP contribution in [0.5, 0.6) is 17.2 Å². The monoisotopic (exact) mass is 387 g/mol. The number of hydrogen-bond donors (Lipinski definition) is 1. The highest BCUT2D eigenvalue weighted by molar-refractivity contribution is 5.80. The molecule has 150 valence electrons. The third-order valence-corrected chi connectivity index (χ3v) is 4.00. The van der Waals surface area contributed by atoms with Crippen molar-refractivity contribution in [3.05, 3.63) is 53.6 Å². The van der Waals surface area contributed by atoms with Gasteiger partial charge < -0.3 is 24.3 Å². The first kappa shape index (κ1) is 21.1. The standard InChI is InChI=1S/C21H25NO6/c1-4-16-7-5-6-8-17(16)27-14-21(24)28-13-20(23)22-12-15-9-10-18(25-2)19(11-15)26-3/h5-11H,4,12-14H2,1-3H3,(H,22,23). The molecule has 1 N–H and O–H groups in total. The second-order valence-corrected chi connectivity index (χ2v) is 5.88. The van der Waals surface area contributed by atoms with Crippen LogP contribution >= 0.6 is 0 Å².